The first-order valence-corrected chi connectivity index (χ1v) is 8.15. The summed E-state index contributed by atoms with van der Waals surface area (Å²) in [4.78, 5) is 30.9. The number of hydrogen-bond acceptors (Lipinski definition) is 6. The quantitative estimate of drug-likeness (QED) is 0.533. The van der Waals surface area contributed by atoms with Gasteiger partial charge in [-0.05, 0) is 30.3 Å². The average molecular weight is 366 g/mol. The van der Waals surface area contributed by atoms with Gasteiger partial charge in [0.15, 0.2) is 0 Å². The van der Waals surface area contributed by atoms with Crippen LogP contribution >= 0.6 is 0 Å². The molecule has 3 rings (SSSR count). The summed E-state index contributed by atoms with van der Waals surface area (Å²) in [6, 6.07) is 12.2. The van der Waals surface area contributed by atoms with Gasteiger partial charge in [-0.1, -0.05) is 12.1 Å². The fraction of sp³-hybridized carbons (Fsp3) is 0.150. The van der Waals surface area contributed by atoms with E-state index in [0.29, 0.717) is 28.0 Å². The van der Waals surface area contributed by atoms with Crippen molar-refractivity contribution in [2.75, 3.05) is 14.2 Å². The maximum atomic E-state index is 12.0. The average Bonchev–Trinajstić information content (AvgIpc) is 2.70. The SMILES string of the molecule is COc1ccc(/C=C/C(=O)OCc2nc3ccccc3c(=O)[nH]2)c(OC)c1. The van der Waals surface area contributed by atoms with Gasteiger partial charge in [-0.3, -0.25) is 4.79 Å². The summed E-state index contributed by atoms with van der Waals surface area (Å²) < 4.78 is 15.6. The smallest absolute Gasteiger partial charge is 0.331 e. The molecule has 0 radical (unpaired) electrons. The van der Waals surface area contributed by atoms with Gasteiger partial charge in [0, 0.05) is 17.7 Å². The second kappa shape index (κ2) is 8.18. The van der Waals surface area contributed by atoms with Crippen LogP contribution in [0.1, 0.15) is 11.4 Å². The highest BCUT2D eigenvalue weighted by molar-refractivity contribution is 5.87. The minimum absolute atomic E-state index is 0.136. The number of hydrogen-bond donors (Lipinski definition) is 1. The Morgan fingerprint density at radius 2 is 1.96 bits per heavy atom. The molecule has 0 atom stereocenters. The summed E-state index contributed by atoms with van der Waals surface area (Å²) in [6.45, 7) is -0.136. The maximum absolute atomic E-state index is 12.0. The zero-order chi connectivity index (χ0) is 19.2. The molecule has 3 aromatic rings. The lowest BCUT2D eigenvalue weighted by atomic mass is 10.2. The first-order chi connectivity index (χ1) is 13.1. The molecule has 0 aliphatic heterocycles. The number of para-hydroxylation sites is 1. The Labute approximate surface area is 155 Å². The number of methoxy groups -OCH3 is 2. The number of H-pyrrole nitrogens is 1. The Morgan fingerprint density at radius 1 is 1.15 bits per heavy atom. The molecule has 2 aromatic carbocycles. The van der Waals surface area contributed by atoms with Crippen molar-refractivity contribution in [2.24, 2.45) is 0 Å². The molecule has 0 saturated carbocycles. The number of nitrogens with one attached hydrogen (secondary N) is 1. The van der Waals surface area contributed by atoms with E-state index in [1.165, 1.54) is 13.2 Å². The molecule has 0 bridgehead atoms. The van der Waals surface area contributed by atoms with Gasteiger partial charge in [0.25, 0.3) is 5.56 Å². The van der Waals surface area contributed by atoms with Crippen molar-refractivity contribution in [1.82, 2.24) is 9.97 Å². The van der Waals surface area contributed by atoms with Crippen LogP contribution in [0, 0.1) is 0 Å². The van der Waals surface area contributed by atoms with Crippen LogP contribution in [0.4, 0.5) is 0 Å². The number of ether oxygens (including phenoxy) is 3. The third-order valence-electron chi connectivity index (χ3n) is 3.85. The largest absolute Gasteiger partial charge is 0.497 e. The van der Waals surface area contributed by atoms with Crippen molar-refractivity contribution in [1.29, 1.82) is 0 Å². The third kappa shape index (κ3) is 4.33. The lowest BCUT2D eigenvalue weighted by Gasteiger charge is -2.07. The zero-order valence-electron chi connectivity index (χ0n) is 14.9. The molecule has 0 aliphatic carbocycles. The van der Waals surface area contributed by atoms with Gasteiger partial charge in [0.05, 0.1) is 25.1 Å². The van der Waals surface area contributed by atoms with Crippen LogP contribution in [0.2, 0.25) is 0 Å². The van der Waals surface area contributed by atoms with Crippen molar-refractivity contribution in [3.05, 3.63) is 70.3 Å². The summed E-state index contributed by atoms with van der Waals surface area (Å²) in [6.07, 6.45) is 2.86. The normalized spacial score (nSPS) is 10.9. The lowest BCUT2D eigenvalue weighted by Crippen LogP contribution is -2.13. The fourth-order valence-corrected chi connectivity index (χ4v) is 2.50. The number of rotatable bonds is 6. The standard InChI is InChI=1S/C20H18N2O5/c1-25-14-9-7-13(17(11-14)26-2)8-10-19(23)27-12-18-21-16-6-4-3-5-15(16)20(24)22-18/h3-11H,12H2,1-2H3,(H,21,22,24)/b10-8+. The topological polar surface area (TPSA) is 90.5 Å². The van der Waals surface area contributed by atoms with Gasteiger partial charge >= 0.3 is 5.97 Å². The molecule has 7 nitrogen and oxygen atoms in total. The predicted octanol–water partition coefficient (Wildman–Crippen LogP) is 2.70. The van der Waals surface area contributed by atoms with Gasteiger partial charge in [0.2, 0.25) is 0 Å². The van der Waals surface area contributed by atoms with Crippen LogP contribution in [0.3, 0.4) is 0 Å². The minimum Gasteiger partial charge on any atom is -0.497 e. The molecule has 0 amide bonds. The zero-order valence-corrected chi connectivity index (χ0v) is 14.9. The second-order valence-electron chi connectivity index (χ2n) is 5.58. The molecule has 0 fully saturated rings. The van der Waals surface area contributed by atoms with E-state index in [1.807, 2.05) is 0 Å². The Kier molecular flexibility index (Phi) is 5.51. The third-order valence-corrected chi connectivity index (χ3v) is 3.85. The van der Waals surface area contributed by atoms with Crippen LogP contribution < -0.4 is 15.0 Å². The molecule has 0 unspecified atom stereocenters. The number of carbonyl (C=O) groups is 1. The molecule has 1 heterocycles. The molecular formula is C20H18N2O5. The molecule has 0 spiro atoms. The first kappa shape index (κ1) is 18.2. The van der Waals surface area contributed by atoms with Gasteiger partial charge in [-0.2, -0.15) is 0 Å². The van der Waals surface area contributed by atoms with E-state index >= 15 is 0 Å². The number of aromatic nitrogens is 2. The highest BCUT2D eigenvalue weighted by Crippen LogP contribution is 2.25. The molecule has 7 heteroatoms. The number of esters is 1. The van der Waals surface area contributed by atoms with Crippen molar-refractivity contribution >= 4 is 22.9 Å². The fourth-order valence-electron chi connectivity index (χ4n) is 2.50. The van der Waals surface area contributed by atoms with Gasteiger partial charge in [0.1, 0.15) is 23.9 Å². The Morgan fingerprint density at radius 3 is 2.74 bits per heavy atom. The van der Waals surface area contributed by atoms with Crippen LogP contribution in [-0.4, -0.2) is 30.2 Å². The summed E-state index contributed by atoms with van der Waals surface area (Å²) >= 11 is 0. The van der Waals surface area contributed by atoms with Crippen molar-refractivity contribution in [2.45, 2.75) is 6.61 Å². The van der Waals surface area contributed by atoms with E-state index in [4.69, 9.17) is 14.2 Å². The monoisotopic (exact) mass is 366 g/mol. The summed E-state index contributed by atoms with van der Waals surface area (Å²) in [5.41, 5.74) is 0.975. The van der Waals surface area contributed by atoms with Crippen molar-refractivity contribution in [3.8, 4) is 11.5 Å². The molecule has 0 saturated heterocycles. The predicted molar refractivity (Wildman–Crippen MR) is 101 cm³/mol. The molecule has 1 aromatic heterocycles. The Balaban J connectivity index is 1.68. The summed E-state index contributed by atoms with van der Waals surface area (Å²) in [7, 11) is 3.10. The van der Waals surface area contributed by atoms with E-state index in [-0.39, 0.29) is 18.0 Å². The van der Waals surface area contributed by atoms with Crippen LogP contribution in [0.15, 0.2) is 53.3 Å². The van der Waals surface area contributed by atoms with Gasteiger partial charge in [-0.25, -0.2) is 9.78 Å². The van der Waals surface area contributed by atoms with Crippen LogP contribution in [0.25, 0.3) is 17.0 Å². The van der Waals surface area contributed by atoms with Crippen molar-refractivity contribution in [3.63, 3.8) is 0 Å². The summed E-state index contributed by atoms with van der Waals surface area (Å²) in [5.74, 6) is 0.933. The minimum atomic E-state index is -0.566. The first-order valence-electron chi connectivity index (χ1n) is 8.15. The molecule has 27 heavy (non-hydrogen) atoms. The number of carbonyl (C=O) groups excluding carboxylic acids is 1. The molecule has 1 N–H and O–H groups in total. The van der Waals surface area contributed by atoms with Gasteiger partial charge in [-0.15, -0.1) is 0 Å². The van der Waals surface area contributed by atoms with E-state index in [2.05, 4.69) is 9.97 Å². The lowest BCUT2D eigenvalue weighted by molar-refractivity contribution is -0.139. The molecule has 0 aliphatic rings. The number of aromatic amines is 1. The van der Waals surface area contributed by atoms with E-state index < -0.39 is 5.97 Å². The maximum Gasteiger partial charge on any atom is 0.331 e. The highest BCUT2D eigenvalue weighted by Gasteiger charge is 2.06. The van der Waals surface area contributed by atoms with Crippen LogP contribution in [0.5, 0.6) is 11.5 Å². The van der Waals surface area contributed by atoms with Crippen molar-refractivity contribution < 1.29 is 19.0 Å². The van der Waals surface area contributed by atoms with Crippen LogP contribution in [-0.2, 0) is 16.1 Å². The van der Waals surface area contributed by atoms with E-state index in [0.717, 1.165) is 0 Å². The summed E-state index contributed by atoms with van der Waals surface area (Å²) in [5, 5.41) is 0.485. The number of benzene rings is 2. The molecule has 138 valence electrons. The Bertz CT molecular complexity index is 1060. The molecular weight excluding hydrogens is 348 g/mol. The Hall–Kier alpha value is -3.61. The highest BCUT2D eigenvalue weighted by atomic mass is 16.5. The van der Waals surface area contributed by atoms with Gasteiger partial charge < -0.3 is 19.2 Å². The van der Waals surface area contributed by atoms with E-state index in [9.17, 15) is 9.59 Å². The van der Waals surface area contributed by atoms with E-state index in [1.54, 1.807) is 55.7 Å². The number of fused-ring (bicyclic) bond motifs is 1. The second-order valence-corrected chi connectivity index (χ2v) is 5.58. The number of nitrogens with zero attached hydrogens (tertiary/aromatic N) is 1.